The van der Waals surface area contributed by atoms with E-state index in [0.29, 0.717) is 0 Å². The number of likely N-dealkylation sites (tertiary alicyclic amines) is 1. The number of carbonyl (C=O) groups excluding carboxylic acids is 1. The Hall–Kier alpha value is -1.39. The summed E-state index contributed by atoms with van der Waals surface area (Å²) in [4.78, 5) is 13.2. The van der Waals surface area contributed by atoms with Gasteiger partial charge in [0.2, 0.25) is 0 Å². The van der Waals surface area contributed by atoms with Crippen LogP contribution in [0.2, 0.25) is 0 Å². The molecule has 1 saturated heterocycles. The molecular weight excluding hydrogens is 330 g/mol. The fourth-order valence-corrected chi connectivity index (χ4v) is 3.06. The zero-order valence-corrected chi connectivity index (χ0v) is 13.4. The number of benzene rings is 1. The highest BCUT2D eigenvalue weighted by atomic mass is 79.9. The second-order valence-electron chi connectivity index (χ2n) is 5.55. The van der Waals surface area contributed by atoms with Crippen LogP contribution in [0, 0.1) is 5.92 Å². The van der Waals surface area contributed by atoms with Gasteiger partial charge in [-0.2, -0.15) is 0 Å². The van der Waals surface area contributed by atoms with Crippen LogP contribution in [-0.2, 0) is 11.3 Å². The molecule has 2 heterocycles. The molecule has 1 fully saturated rings. The lowest BCUT2D eigenvalue weighted by molar-refractivity contribution is -0.112. The summed E-state index contributed by atoms with van der Waals surface area (Å²) in [5, 5.41) is 0. The number of hydrogen-bond donors (Lipinski definition) is 0. The Morgan fingerprint density at radius 3 is 2.81 bits per heavy atom. The van der Waals surface area contributed by atoms with Crippen LogP contribution in [0.3, 0.4) is 0 Å². The van der Waals surface area contributed by atoms with Crippen molar-refractivity contribution in [1.82, 2.24) is 4.90 Å². The molecule has 0 radical (unpaired) electrons. The maximum atomic E-state index is 10.9. The molecule has 3 nitrogen and oxygen atoms in total. The molecule has 0 saturated carbocycles. The van der Waals surface area contributed by atoms with Crippen LogP contribution in [0.25, 0.3) is 11.3 Å². The maximum Gasteiger partial charge on any atom is 0.134 e. The van der Waals surface area contributed by atoms with E-state index >= 15 is 0 Å². The minimum Gasteiger partial charge on any atom is -0.460 e. The van der Waals surface area contributed by atoms with E-state index in [-0.39, 0.29) is 5.92 Å². The highest BCUT2D eigenvalue weighted by Gasteiger charge is 2.20. The van der Waals surface area contributed by atoms with Crippen molar-refractivity contribution < 1.29 is 9.21 Å². The van der Waals surface area contributed by atoms with Crippen molar-refractivity contribution in [3.63, 3.8) is 0 Å². The number of rotatable bonds is 4. The molecule has 1 aliphatic heterocycles. The fourth-order valence-electron chi connectivity index (χ4n) is 2.80. The van der Waals surface area contributed by atoms with Crippen LogP contribution < -0.4 is 0 Å². The molecule has 0 spiro atoms. The molecule has 1 aromatic heterocycles. The molecule has 21 heavy (non-hydrogen) atoms. The second-order valence-corrected chi connectivity index (χ2v) is 6.46. The average Bonchev–Trinajstić information content (AvgIpc) is 2.96. The van der Waals surface area contributed by atoms with Gasteiger partial charge < -0.3 is 9.21 Å². The Kier molecular flexibility index (Phi) is 4.56. The Balaban J connectivity index is 1.67. The Morgan fingerprint density at radius 2 is 2.05 bits per heavy atom. The number of piperidine rings is 1. The first-order chi connectivity index (χ1) is 10.2. The molecule has 4 heteroatoms. The number of hydrogen-bond acceptors (Lipinski definition) is 3. The lowest BCUT2D eigenvalue weighted by Crippen LogP contribution is -2.35. The van der Waals surface area contributed by atoms with Gasteiger partial charge in [-0.15, -0.1) is 0 Å². The van der Waals surface area contributed by atoms with Crippen molar-refractivity contribution in [2.24, 2.45) is 5.92 Å². The molecule has 0 aliphatic carbocycles. The van der Waals surface area contributed by atoms with Gasteiger partial charge in [-0.25, -0.2) is 0 Å². The third-order valence-corrected chi connectivity index (χ3v) is 4.43. The van der Waals surface area contributed by atoms with Crippen molar-refractivity contribution in [3.05, 3.63) is 46.6 Å². The predicted molar refractivity (Wildman–Crippen MR) is 85.9 cm³/mol. The Bertz CT molecular complexity index is 606. The molecular formula is C17H18BrNO2. The summed E-state index contributed by atoms with van der Waals surface area (Å²) < 4.78 is 7.00. The first-order valence-corrected chi connectivity index (χ1v) is 8.06. The smallest absolute Gasteiger partial charge is 0.134 e. The number of carbonyl (C=O) groups is 1. The van der Waals surface area contributed by atoms with Gasteiger partial charge in [0, 0.05) is 22.5 Å². The van der Waals surface area contributed by atoms with E-state index in [9.17, 15) is 4.79 Å². The van der Waals surface area contributed by atoms with E-state index in [1.165, 1.54) is 0 Å². The van der Waals surface area contributed by atoms with Crippen LogP contribution in [-0.4, -0.2) is 24.3 Å². The lowest BCUT2D eigenvalue weighted by atomic mass is 10.00. The normalized spacial score (nSPS) is 19.6. The van der Waals surface area contributed by atoms with Gasteiger partial charge in [0.05, 0.1) is 6.54 Å². The molecule has 0 bridgehead atoms. The molecule has 1 unspecified atom stereocenters. The predicted octanol–water partition coefficient (Wildman–Crippen LogP) is 4.12. The van der Waals surface area contributed by atoms with Gasteiger partial charge in [0.15, 0.2) is 0 Å². The maximum absolute atomic E-state index is 10.9. The summed E-state index contributed by atoms with van der Waals surface area (Å²) in [5.41, 5.74) is 1.08. The minimum atomic E-state index is 0.180. The topological polar surface area (TPSA) is 33.5 Å². The van der Waals surface area contributed by atoms with E-state index in [4.69, 9.17) is 4.42 Å². The zero-order chi connectivity index (χ0) is 14.7. The monoisotopic (exact) mass is 347 g/mol. The Morgan fingerprint density at radius 1 is 1.24 bits per heavy atom. The van der Waals surface area contributed by atoms with E-state index in [2.05, 4.69) is 20.8 Å². The van der Waals surface area contributed by atoms with Gasteiger partial charge >= 0.3 is 0 Å². The van der Waals surface area contributed by atoms with Crippen LogP contribution in [0.1, 0.15) is 18.6 Å². The third-order valence-electron chi connectivity index (χ3n) is 3.90. The van der Waals surface area contributed by atoms with Crippen molar-refractivity contribution in [2.45, 2.75) is 19.4 Å². The SMILES string of the molecule is O=CC1CCCN(Cc2ccc(-c3ccc(Br)cc3)o2)C1. The molecule has 0 N–H and O–H groups in total. The summed E-state index contributed by atoms with van der Waals surface area (Å²) >= 11 is 3.44. The highest BCUT2D eigenvalue weighted by molar-refractivity contribution is 9.10. The first-order valence-electron chi connectivity index (χ1n) is 7.27. The van der Waals surface area contributed by atoms with E-state index < -0.39 is 0 Å². The standard InChI is InChI=1S/C17H18BrNO2/c18-15-5-3-14(4-6-15)17-8-7-16(21-17)11-19-9-1-2-13(10-19)12-20/h3-8,12-13H,1-2,9-11H2. The molecule has 2 aromatic rings. The van der Waals surface area contributed by atoms with Gasteiger partial charge in [0.1, 0.15) is 17.8 Å². The summed E-state index contributed by atoms with van der Waals surface area (Å²) in [7, 11) is 0. The summed E-state index contributed by atoms with van der Waals surface area (Å²) in [6.45, 7) is 2.66. The minimum absolute atomic E-state index is 0.180. The van der Waals surface area contributed by atoms with Crippen LogP contribution >= 0.6 is 15.9 Å². The van der Waals surface area contributed by atoms with Crippen molar-refractivity contribution in [3.8, 4) is 11.3 Å². The second kappa shape index (κ2) is 6.58. The van der Waals surface area contributed by atoms with E-state index in [1.807, 2.05) is 36.4 Å². The number of furan rings is 1. The Labute approximate surface area is 133 Å². The molecule has 0 amide bonds. The number of halogens is 1. The molecule has 110 valence electrons. The highest BCUT2D eigenvalue weighted by Crippen LogP contribution is 2.25. The third kappa shape index (κ3) is 3.63. The average molecular weight is 348 g/mol. The summed E-state index contributed by atoms with van der Waals surface area (Å²) in [5.74, 6) is 2.03. The van der Waals surface area contributed by atoms with Gasteiger partial charge in [-0.05, 0) is 43.7 Å². The van der Waals surface area contributed by atoms with Gasteiger partial charge in [-0.3, -0.25) is 4.90 Å². The molecule has 3 rings (SSSR count). The van der Waals surface area contributed by atoms with Gasteiger partial charge in [0.25, 0.3) is 0 Å². The van der Waals surface area contributed by atoms with E-state index in [1.54, 1.807) is 0 Å². The quantitative estimate of drug-likeness (QED) is 0.780. The first kappa shape index (κ1) is 14.5. The van der Waals surface area contributed by atoms with Crippen molar-refractivity contribution >= 4 is 22.2 Å². The number of nitrogens with zero attached hydrogens (tertiary/aromatic N) is 1. The molecule has 1 atom stereocenters. The van der Waals surface area contributed by atoms with Gasteiger partial charge in [-0.1, -0.05) is 28.1 Å². The van der Waals surface area contributed by atoms with Crippen LogP contribution in [0.15, 0.2) is 45.3 Å². The zero-order valence-electron chi connectivity index (χ0n) is 11.8. The number of aldehydes is 1. The van der Waals surface area contributed by atoms with Crippen LogP contribution in [0.5, 0.6) is 0 Å². The summed E-state index contributed by atoms with van der Waals surface area (Å²) in [6, 6.07) is 12.1. The molecule has 1 aliphatic rings. The molecule has 1 aromatic carbocycles. The lowest BCUT2D eigenvalue weighted by Gasteiger charge is -2.29. The van der Waals surface area contributed by atoms with E-state index in [0.717, 1.165) is 60.3 Å². The van der Waals surface area contributed by atoms with Crippen molar-refractivity contribution in [1.29, 1.82) is 0 Å². The largest absolute Gasteiger partial charge is 0.460 e. The van der Waals surface area contributed by atoms with Crippen LogP contribution in [0.4, 0.5) is 0 Å². The summed E-state index contributed by atoms with van der Waals surface area (Å²) in [6.07, 6.45) is 3.19. The van der Waals surface area contributed by atoms with Crippen molar-refractivity contribution in [2.75, 3.05) is 13.1 Å². The fraction of sp³-hybridized carbons (Fsp3) is 0.353.